The molecular weight excluding hydrogens is 262 g/mol. The van der Waals surface area contributed by atoms with Gasteiger partial charge in [0, 0.05) is 25.4 Å². The number of hydrogen-bond acceptors (Lipinski definition) is 4. The maximum absolute atomic E-state index is 5.64. The number of anilines is 1. The van der Waals surface area contributed by atoms with Gasteiger partial charge in [-0.2, -0.15) is 0 Å². The average molecular weight is 287 g/mol. The highest BCUT2D eigenvalue weighted by Gasteiger charge is 2.11. The average Bonchev–Trinajstić information content (AvgIpc) is 2.84. The van der Waals surface area contributed by atoms with Crippen molar-refractivity contribution in [2.75, 3.05) is 18.5 Å². The van der Waals surface area contributed by atoms with Gasteiger partial charge in [-0.25, -0.2) is 4.98 Å². The highest BCUT2D eigenvalue weighted by atomic mass is 16.3. The number of pyridine rings is 1. The van der Waals surface area contributed by atoms with E-state index in [-0.39, 0.29) is 0 Å². The Labute approximate surface area is 127 Å². The van der Waals surface area contributed by atoms with Crippen molar-refractivity contribution >= 4 is 5.82 Å². The van der Waals surface area contributed by atoms with Gasteiger partial charge in [0.2, 0.25) is 0 Å². The van der Waals surface area contributed by atoms with E-state index in [1.165, 1.54) is 5.56 Å². The van der Waals surface area contributed by atoms with Gasteiger partial charge in [-0.3, -0.25) is 0 Å². The summed E-state index contributed by atoms with van der Waals surface area (Å²) in [6.07, 6.45) is 1.84. The Bertz CT molecular complexity index is 563. The molecule has 2 rings (SSSR count). The SMILES string of the molecule is Cc1ccc(CN(C)c2ncccc2CNCC(C)C)o1. The van der Waals surface area contributed by atoms with E-state index >= 15 is 0 Å². The van der Waals surface area contributed by atoms with Crippen molar-refractivity contribution in [3.63, 3.8) is 0 Å². The number of furan rings is 1. The molecule has 1 N–H and O–H groups in total. The lowest BCUT2D eigenvalue weighted by atomic mass is 10.2. The maximum atomic E-state index is 5.64. The molecule has 0 saturated heterocycles. The third-order valence-electron chi connectivity index (χ3n) is 3.29. The van der Waals surface area contributed by atoms with E-state index in [4.69, 9.17) is 4.42 Å². The fraction of sp³-hybridized carbons (Fsp3) is 0.471. The topological polar surface area (TPSA) is 41.3 Å². The Morgan fingerprint density at radius 1 is 1.29 bits per heavy atom. The zero-order valence-electron chi connectivity index (χ0n) is 13.4. The summed E-state index contributed by atoms with van der Waals surface area (Å²) in [6, 6.07) is 8.12. The van der Waals surface area contributed by atoms with Gasteiger partial charge in [0.25, 0.3) is 0 Å². The Kier molecular flexibility index (Phi) is 5.39. The molecule has 114 valence electrons. The van der Waals surface area contributed by atoms with Crippen LogP contribution in [0.3, 0.4) is 0 Å². The van der Waals surface area contributed by atoms with Crippen molar-refractivity contribution in [2.24, 2.45) is 5.92 Å². The van der Waals surface area contributed by atoms with Gasteiger partial charge in [0.05, 0.1) is 6.54 Å². The van der Waals surface area contributed by atoms with E-state index in [2.05, 4.69) is 35.1 Å². The molecule has 0 bridgehead atoms. The summed E-state index contributed by atoms with van der Waals surface area (Å²) in [4.78, 5) is 6.65. The van der Waals surface area contributed by atoms with Gasteiger partial charge in [-0.05, 0) is 37.6 Å². The third-order valence-corrected chi connectivity index (χ3v) is 3.29. The molecule has 0 radical (unpaired) electrons. The van der Waals surface area contributed by atoms with Crippen LogP contribution in [0, 0.1) is 12.8 Å². The van der Waals surface area contributed by atoms with Crippen molar-refractivity contribution in [3.8, 4) is 0 Å². The lowest BCUT2D eigenvalue weighted by Crippen LogP contribution is -2.23. The van der Waals surface area contributed by atoms with E-state index in [1.807, 2.05) is 38.4 Å². The van der Waals surface area contributed by atoms with Crippen LogP contribution < -0.4 is 10.2 Å². The molecule has 2 aromatic rings. The molecule has 0 atom stereocenters. The summed E-state index contributed by atoms with van der Waals surface area (Å²) in [5.41, 5.74) is 1.21. The second kappa shape index (κ2) is 7.27. The van der Waals surface area contributed by atoms with E-state index in [0.717, 1.165) is 37.0 Å². The Morgan fingerprint density at radius 2 is 2.10 bits per heavy atom. The Balaban J connectivity index is 2.04. The number of aryl methyl sites for hydroxylation is 1. The minimum Gasteiger partial charge on any atom is -0.464 e. The molecule has 0 aliphatic rings. The molecule has 0 unspecified atom stereocenters. The van der Waals surface area contributed by atoms with Crippen molar-refractivity contribution in [1.29, 1.82) is 0 Å². The lowest BCUT2D eigenvalue weighted by Gasteiger charge is -2.20. The maximum Gasteiger partial charge on any atom is 0.133 e. The molecule has 4 heteroatoms. The number of aromatic nitrogens is 1. The fourth-order valence-electron chi connectivity index (χ4n) is 2.29. The summed E-state index contributed by atoms with van der Waals surface area (Å²) in [6.45, 7) is 8.96. The quantitative estimate of drug-likeness (QED) is 0.848. The van der Waals surface area contributed by atoms with Crippen LogP contribution in [0.25, 0.3) is 0 Å². The molecule has 4 nitrogen and oxygen atoms in total. The molecule has 0 aliphatic carbocycles. The minimum atomic E-state index is 0.647. The highest BCUT2D eigenvalue weighted by Crippen LogP contribution is 2.19. The minimum absolute atomic E-state index is 0.647. The van der Waals surface area contributed by atoms with Gasteiger partial charge in [-0.1, -0.05) is 19.9 Å². The standard InChI is InChI=1S/C17H25N3O/c1-13(2)10-18-11-15-6-5-9-19-17(15)20(4)12-16-8-7-14(3)21-16/h5-9,13,18H,10-12H2,1-4H3. The van der Waals surface area contributed by atoms with Gasteiger partial charge in [-0.15, -0.1) is 0 Å². The van der Waals surface area contributed by atoms with Crippen molar-refractivity contribution in [3.05, 3.63) is 47.5 Å². The van der Waals surface area contributed by atoms with E-state index < -0.39 is 0 Å². The van der Waals surface area contributed by atoms with Crippen LogP contribution >= 0.6 is 0 Å². The van der Waals surface area contributed by atoms with Crippen LogP contribution in [0.15, 0.2) is 34.9 Å². The van der Waals surface area contributed by atoms with Gasteiger partial charge in [0.1, 0.15) is 17.3 Å². The molecule has 0 spiro atoms. The first kappa shape index (κ1) is 15.6. The molecule has 0 fully saturated rings. The van der Waals surface area contributed by atoms with Crippen LogP contribution in [0.2, 0.25) is 0 Å². The predicted molar refractivity (Wildman–Crippen MR) is 86.3 cm³/mol. The number of rotatable bonds is 7. The van der Waals surface area contributed by atoms with E-state index in [0.29, 0.717) is 5.92 Å². The number of nitrogens with zero attached hydrogens (tertiary/aromatic N) is 2. The van der Waals surface area contributed by atoms with Crippen LogP contribution in [-0.2, 0) is 13.1 Å². The summed E-state index contributed by atoms with van der Waals surface area (Å²) >= 11 is 0. The predicted octanol–water partition coefficient (Wildman–Crippen LogP) is 3.37. The van der Waals surface area contributed by atoms with E-state index in [1.54, 1.807) is 0 Å². The molecule has 21 heavy (non-hydrogen) atoms. The van der Waals surface area contributed by atoms with Crippen LogP contribution in [0.1, 0.15) is 30.9 Å². The molecule has 0 amide bonds. The molecule has 2 heterocycles. The van der Waals surface area contributed by atoms with Crippen molar-refractivity contribution in [2.45, 2.75) is 33.9 Å². The monoisotopic (exact) mass is 287 g/mol. The summed E-state index contributed by atoms with van der Waals surface area (Å²) < 4.78 is 5.64. The number of nitrogens with one attached hydrogen (secondary N) is 1. The largest absolute Gasteiger partial charge is 0.464 e. The van der Waals surface area contributed by atoms with Crippen molar-refractivity contribution in [1.82, 2.24) is 10.3 Å². The second-order valence-electron chi connectivity index (χ2n) is 5.88. The Hall–Kier alpha value is -1.81. The summed E-state index contributed by atoms with van der Waals surface area (Å²) in [5.74, 6) is 3.55. The number of hydrogen-bond donors (Lipinski definition) is 1. The first-order chi connectivity index (χ1) is 10.1. The van der Waals surface area contributed by atoms with Crippen LogP contribution in [-0.4, -0.2) is 18.6 Å². The van der Waals surface area contributed by atoms with Gasteiger partial charge < -0.3 is 14.6 Å². The fourth-order valence-corrected chi connectivity index (χ4v) is 2.29. The van der Waals surface area contributed by atoms with Gasteiger partial charge in [0.15, 0.2) is 0 Å². The first-order valence-electron chi connectivity index (χ1n) is 7.47. The molecule has 0 saturated carbocycles. The smallest absolute Gasteiger partial charge is 0.133 e. The van der Waals surface area contributed by atoms with Crippen LogP contribution in [0.4, 0.5) is 5.82 Å². The second-order valence-corrected chi connectivity index (χ2v) is 5.88. The molecule has 2 aromatic heterocycles. The zero-order valence-corrected chi connectivity index (χ0v) is 13.4. The van der Waals surface area contributed by atoms with Crippen LogP contribution in [0.5, 0.6) is 0 Å². The molecule has 0 aromatic carbocycles. The van der Waals surface area contributed by atoms with E-state index in [9.17, 15) is 0 Å². The molecule has 0 aliphatic heterocycles. The molecular formula is C17H25N3O. The first-order valence-corrected chi connectivity index (χ1v) is 7.47. The van der Waals surface area contributed by atoms with Crippen molar-refractivity contribution < 1.29 is 4.42 Å². The lowest BCUT2D eigenvalue weighted by molar-refractivity contribution is 0.481. The Morgan fingerprint density at radius 3 is 2.76 bits per heavy atom. The zero-order chi connectivity index (χ0) is 15.2. The van der Waals surface area contributed by atoms with Gasteiger partial charge >= 0.3 is 0 Å². The third kappa shape index (κ3) is 4.60. The normalized spacial score (nSPS) is 11.1. The summed E-state index contributed by atoms with van der Waals surface area (Å²) in [7, 11) is 2.05. The summed E-state index contributed by atoms with van der Waals surface area (Å²) in [5, 5.41) is 3.47. The highest BCUT2D eigenvalue weighted by molar-refractivity contribution is 5.46.